The summed E-state index contributed by atoms with van der Waals surface area (Å²) in [6.45, 7) is 3.96. The smallest absolute Gasteiger partial charge is 0.307 e. The Morgan fingerprint density at radius 1 is 1.35 bits per heavy atom. The minimum absolute atomic E-state index is 0.111. The number of hydrogen-bond acceptors (Lipinski definition) is 3. The summed E-state index contributed by atoms with van der Waals surface area (Å²) >= 11 is 3.88. The molecule has 1 aromatic rings. The molecule has 0 aliphatic carbocycles. The molecule has 3 nitrogen and oxygen atoms in total. The molecule has 0 unspecified atom stereocenters. The maximum absolute atomic E-state index is 10.9. The van der Waals surface area contributed by atoms with Crippen LogP contribution >= 0.6 is 34.4 Å². The second-order valence-electron chi connectivity index (χ2n) is 4.44. The number of aliphatic carboxylic acids is 1. The summed E-state index contributed by atoms with van der Waals surface area (Å²) in [4.78, 5) is 22.2. The van der Waals surface area contributed by atoms with Crippen LogP contribution in [0.1, 0.15) is 24.5 Å². The Bertz CT molecular complexity index is 516. The van der Waals surface area contributed by atoms with E-state index in [1.807, 2.05) is 38.1 Å². The molecule has 1 saturated heterocycles. The lowest BCUT2D eigenvalue weighted by atomic mass is 10.1. The van der Waals surface area contributed by atoms with E-state index in [-0.39, 0.29) is 6.42 Å². The standard InChI is InChI=1S/C9H10O2.C6H7IOS/c1-7-2-4-8(5-3-7)6-9(10)11;1-4(7)6-5(8)2-3-9-6/h2-5H,6H2,1H3,(H,10,11);2-3H2,1H3/b;6-4-. The van der Waals surface area contributed by atoms with Crippen LogP contribution in [0.25, 0.3) is 0 Å². The quantitative estimate of drug-likeness (QED) is 0.599. The van der Waals surface area contributed by atoms with Crippen molar-refractivity contribution in [2.75, 3.05) is 5.75 Å². The Hall–Kier alpha value is -0.820. The van der Waals surface area contributed by atoms with Crippen LogP contribution in [0.2, 0.25) is 0 Å². The Labute approximate surface area is 137 Å². The van der Waals surface area contributed by atoms with Gasteiger partial charge in [-0.25, -0.2) is 0 Å². The Morgan fingerprint density at radius 3 is 2.30 bits per heavy atom. The van der Waals surface area contributed by atoms with Crippen molar-refractivity contribution in [2.45, 2.75) is 26.7 Å². The van der Waals surface area contributed by atoms with Crippen LogP contribution in [0, 0.1) is 6.92 Å². The molecule has 2 rings (SSSR count). The maximum atomic E-state index is 10.9. The van der Waals surface area contributed by atoms with Gasteiger partial charge in [-0.15, -0.1) is 11.8 Å². The van der Waals surface area contributed by atoms with Crippen molar-refractivity contribution in [3.8, 4) is 0 Å². The average molecular weight is 404 g/mol. The van der Waals surface area contributed by atoms with E-state index in [9.17, 15) is 9.59 Å². The number of ketones is 1. The van der Waals surface area contributed by atoms with Gasteiger partial charge in [0.05, 0.1) is 11.3 Å². The van der Waals surface area contributed by atoms with Gasteiger partial charge in [-0.3, -0.25) is 9.59 Å². The third-order valence-electron chi connectivity index (χ3n) is 2.62. The maximum Gasteiger partial charge on any atom is 0.307 e. The number of benzene rings is 1. The van der Waals surface area contributed by atoms with Gasteiger partial charge >= 0.3 is 5.97 Å². The van der Waals surface area contributed by atoms with Crippen LogP contribution in [0.5, 0.6) is 0 Å². The molecular formula is C15H17IO3S. The molecule has 0 radical (unpaired) electrons. The number of carboxylic acid groups (broad SMARTS) is 1. The second-order valence-corrected chi connectivity index (χ2v) is 7.16. The predicted octanol–water partition coefficient (Wildman–Crippen LogP) is 3.98. The first kappa shape index (κ1) is 17.2. The predicted molar refractivity (Wildman–Crippen MR) is 91.3 cm³/mol. The van der Waals surface area contributed by atoms with Crippen LogP contribution in [0.3, 0.4) is 0 Å². The molecule has 1 heterocycles. The van der Waals surface area contributed by atoms with E-state index in [1.165, 1.54) is 0 Å². The van der Waals surface area contributed by atoms with Gasteiger partial charge in [0.1, 0.15) is 0 Å². The summed E-state index contributed by atoms with van der Waals surface area (Å²) in [6, 6.07) is 7.50. The monoisotopic (exact) mass is 404 g/mol. The van der Waals surface area contributed by atoms with Crippen molar-refractivity contribution in [1.29, 1.82) is 0 Å². The number of aryl methyl sites for hydroxylation is 1. The number of carbonyl (C=O) groups is 2. The van der Waals surface area contributed by atoms with Crippen LogP contribution in [-0.2, 0) is 16.0 Å². The van der Waals surface area contributed by atoms with Gasteiger partial charge in [-0.2, -0.15) is 0 Å². The Morgan fingerprint density at radius 2 is 1.95 bits per heavy atom. The topological polar surface area (TPSA) is 54.4 Å². The summed E-state index contributed by atoms with van der Waals surface area (Å²) in [5.74, 6) is 0.523. The van der Waals surface area contributed by atoms with Crippen LogP contribution in [-0.4, -0.2) is 22.6 Å². The van der Waals surface area contributed by atoms with Crippen LogP contribution in [0.15, 0.2) is 32.8 Å². The molecule has 0 saturated carbocycles. The van der Waals surface area contributed by atoms with Gasteiger partial charge in [0, 0.05) is 15.8 Å². The van der Waals surface area contributed by atoms with Crippen LogP contribution < -0.4 is 0 Å². The molecule has 0 bridgehead atoms. The number of carboxylic acids is 1. The molecule has 5 heteroatoms. The lowest BCUT2D eigenvalue weighted by molar-refractivity contribution is -0.136. The first-order valence-electron chi connectivity index (χ1n) is 6.20. The van der Waals surface area contributed by atoms with Crippen molar-refractivity contribution < 1.29 is 14.7 Å². The largest absolute Gasteiger partial charge is 0.481 e. The zero-order valence-electron chi connectivity index (χ0n) is 11.5. The Kier molecular flexibility index (Phi) is 7.29. The molecule has 1 aliphatic rings. The van der Waals surface area contributed by atoms with Crippen molar-refractivity contribution in [3.63, 3.8) is 0 Å². The Balaban J connectivity index is 0.000000204. The van der Waals surface area contributed by atoms with Gasteiger partial charge in [0.25, 0.3) is 0 Å². The van der Waals surface area contributed by atoms with Gasteiger partial charge in [0.15, 0.2) is 5.78 Å². The first-order chi connectivity index (χ1) is 9.40. The fourth-order valence-corrected chi connectivity index (χ4v) is 3.33. The van der Waals surface area contributed by atoms with Gasteiger partial charge < -0.3 is 5.11 Å². The molecule has 0 atom stereocenters. The van der Waals surface area contributed by atoms with E-state index < -0.39 is 5.97 Å². The highest BCUT2D eigenvalue weighted by atomic mass is 127. The van der Waals surface area contributed by atoms with Crippen molar-refractivity contribution >= 4 is 46.1 Å². The normalized spacial score (nSPS) is 16.4. The zero-order chi connectivity index (χ0) is 15.1. The van der Waals surface area contributed by atoms with Gasteiger partial charge in [-0.05, 0) is 42.0 Å². The van der Waals surface area contributed by atoms with Crippen molar-refractivity contribution in [2.24, 2.45) is 0 Å². The van der Waals surface area contributed by atoms with Gasteiger partial charge in [-0.1, -0.05) is 29.8 Å². The molecular weight excluding hydrogens is 387 g/mol. The number of thioether (sulfide) groups is 1. The highest BCUT2D eigenvalue weighted by Crippen LogP contribution is 2.31. The van der Waals surface area contributed by atoms with E-state index >= 15 is 0 Å². The second kappa shape index (κ2) is 8.46. The van der Waals surface area contributed by atoms with E-state index in [4.69, 9.17) is 5.11 Å². The first-order valence-corrected chi connectivity index (χ1v) is 8.26. The molecule has 0 amide bonds. The molecule has 0 spiro atoms. The lowest BCUT2D eigenvalue weighted by Gasteiger charge is -1.96. The summed E-state index contributed by atoms with van der Waals surface area (Å²) < 4.78 is 1.14. The zero-order valence-corrected chi connectivity index (χ0v) is 14.5. The molecule has 1 fully saturated rings. The van der Waals surface area contributed by atoms with E-state index in [1.54, 1.807) is 11.8 Å². The number of hydrogen-bond donors (Lipinski definition) is 1. The number of Topliss-reactive ketones (excluding diaryl/α,β-unsaturated/α-hetero) is 1. The van der Waals surface area contributed by atoms with E-state index in [0.717, 1.165) is 31.8 Å². The van der Waals surface area contributed by atoms with Crippen LogP contribution in [0.4, 0.5) is 0 Å². The highest BCUT2D eigenvalue weighted by molar-refractivity contribution is 14.1. The molecule has 20 heavy (non-hydrogen) atoms. The summed E-state index contributed by atoms with van der Waals surface area (Å²) in [7, 11) is 0. The number of carbonyl (C=O) groups excluding carboxylic acids is 1. The number of rotatable bonds is 2. The molecule has 1 aliphatic heterocycles. The third kappa shape index (κ3) is 6.09. The molecule has 1 N–H and O–H groups in total. The average Bonchev–Trinajstić information content (AvgIpc) is 2.79. The van der Waals surface area contributed by atoms with E-state index in [0.29, 0.717) is 5.78 Å². The third-order valence-corrected chi connectivity index (χ3v) is 4.75. The lowest BCUT2D eigenvalue weighted by Crippen LogP contribution is -1.99. The summed E-state index contributed by atoms with van der Waals surface area (Å²) in [5.41, 5.74) is 2.00. The fraction of sp³-hybridized carbons (Fsp3) is 0.333. The minimum atomic E-state index is -0.783. The number of allylic oxidation sites excluding steroid dienone is 2. The number of halogens is 1. The molecule has 1 aromatic carbocycles. The summed E-state index contributed by atoms with van der Waals surface area (Å²) in [6.07, 6.45) is 0.848. The summed E-state index contributed by atoms with van der Waals surface area (Å²) in [5, 5.41) is 8.44. The molecule has 108 valence electrons. The van der Waals surface area contributed by atoms with Crippen molar-refractivity contribution in [3.05, 3.63) is 43.9 Å². The fourth-order valence-electron chi connectivity index (χ4n) is 1.61. The van der Waals surface area contributed by atoms with E-state index in [2.05, 4.69) is 22.6 Å². The highest BCUT2D eigenvalue weighted by Gasteiger charge is 2.18. The van der Waals surface area contributed by atoms with Gasteiger partial charge in [0.2, 0.25) is 0 Å². The SMILES string of the molecule is C/C(I)=C1/SCCC1=O.Cc1ccc(CC(=O)O)cc1. The minimum Gasteiger partial charge on any atom is -0.481 e. The van der Waals surface area contributed by atoms with Crippen molar-refractivity contribution in [1.82, 2.24) is 0 Å². The molecule has 0 aromatic heterocycles.